The molecule has 19 heavy (non-hydrogen) atoms. The number of hydrogen-bond acceptors (Lipinski definition) is 2. The van der Waals surface area contributed by atoms with E-state index >= 15 is 0 Å². The van der Waals surface area contributed by atoms with Crippen molar-refractivity contribution >= 4 is 0 Å². The second-order valence-electron chi connectivity index (χ2n) is 6.49. The van der Waals surface area contributed by atoms with Gasteiger partial charge in [0.05, 0.1) is 12.1 Å². The normalized spacial score (nSPS) is 35.1. The highest BCUT2D eigenvalue weighted by atomic mass is 16.3. The van der Waals surface area contributed by atoms with Crippen molar-refractivity contribution in [2.24, 2.45) is 0 Å². The van der Waals surface area contributed by atoms with Gasteiger partial charge in [-0.05, 0) is 51.1 Å². The van der Waals surface area contributed by atoms with Crippen LogP contribution >= 0.6 is 0 Å². The molecule has 2 saturated heterocycles. The van der Waals surface area contributed by atoms with E-state index in [-0.39, 0.29) is 6.10 Å². The maximum Gasteiger partial charge on any atom is 0.0807 e. The van der Waals surface area contributed by atoms with Crippen LogP contribution in [0.5, 0.6) is 0 Å². The van der Waals surface area contributed by atoms with Crippen LogP contribution in [0, 0.1) is 0 Å². The topological polar surface area (TPSA) is 28.4 Å². The summed E-state index contributed by atoms with van der Waals surface area (Å²) in [7, 11) is 0. The van der Waals surface area contributed by atoms with Gasteiger partial charge in [0.2, 0.25) is 0 Å². The van der Waals surface area contributed by atoms with Crippen LogP contribution in [0.1, 0.15) is 61.9 Å². The third-order valence-electron chi connectivity index (χ3n) is 5.49. The fourth-order valence-electron chi connectivity index (χ4n) is 4.55. The van der Waals surface area contributed by atoms with Crippen molar-refractivity contribution < 1.29 is 5.11 Å². The van der Waals surface area contributed by atoms with Gasteiger partial charge in [-0.2, -0.15) is 0 Å². The van der Waals surface area contributed by atoms with Crippen LogP contribution < -0.4 is 0 Å². The molecule has 0 radical (unpaired) electrons. The van der Waals surface area contributed by atoms with E-state index in [4.69, 9.17) is 0 Å². The highest BCUT2D eigenvalue weighted by Gasteiger charge is 2.37. The molecular formula is C16H24N2O. The molecule has 0 amide bonds. The summed E-state index contributed by atoms with van der Waals surface area (Å²) >= 11 is 0. The Kier molecular flexibility index (Phi) is 2.92. The first kappa shape index (κ1) is 12.0. The molecule has 0 saturated carbocycles. The fraction of sp³-hybridized carbons (Fsp3) is 0.750. The minimum Gasteiger partial charge on any atom is -0.388 e. The van der Waals surface area contributed by atoms with E-state index in [2.05, 4.69) is 21.7 Å². The molecule has 2 fully saturated rings. The number of aliphatic hydroxyl groups is 1. The summed E-state index contributed by atoms with van der Waals surface area (Å²) < 4.78 is 2.52. The minimum absolute atomic E-state index is 0.214. The van der Waals surface area contributed by atoms with E-state index in [1.807, 2.05) is 0 Å². The molecule has 104 valence electrons. The van der Waals surface area contributed by atoms with E-state index < -0.39 is 0 Å². The molecule has 1 aromatic rings. The van der Waals surface area contributed by atoms with Crippen LogP contribution in [-0.4, -0.2) is 33.7 Å². The number of aromatic nitrogens is 1. The monoisotopic (exact) mass is 260 g/mol. The van der Waals surface area contributed by atoms with Gasteiger partial charge in [0, 0.05) is 30.0 Å². The zero-order chi connectivity index (χ0) is 12.8. The Morgan fingerprint density at radius 2 is 1.95 bits per heavy atom. The molecular weight excluding hydrogens is 236 g/mol. The number of nitrogens with zero attached hydrogens (tertiary/aromatic N) is 2. The lowest BCUT2D eigenvalue weighted by Crippen LogP contribution is -2.38. The molecule has 3 nitrogen and oxygen atoms in total. The van der Waals surface area contributed by atoms with Gasteiger partial charge in [0.15, 0.2) is 0 Å². The minimum atomic E-state index is -0.214. The quantitative estimate of drug-likeness (QED) is 0.841. The zero-order valence-electron chi connectivity index (χ0n) is 11.6. The van der Waals surface area contributed by atoms with E-state index in [1.54, 1.807) is 0 Å². The molecule has 3 aliphatic rings. The van der Waals surface area contributed by atoms with Gasteiger partial charge >= 0.3 is 0 Å². The van der Waals surface area contributed by atoms with Crippen molar-refractivity contribution in [2.75, 3.05) is 13.1 Å². The summed E-state index contributed by atoms with van der Waals surface area (Å²) in [5, 5.41) is 10.1. The standard InChI is InChI=1S/C16H24N2O/c19-16-6-3-5-13-12(16)7-11-18(13)15-8-10-17-9-2-1-4-14(15)17/h7,11,14-16,19H,1-6,8-10H2. The molecule has 1 N–H and O–H groups in total. The molecule has 3 heterocycles. The summed E-state index contributed by atoms with van der Waals surface area (Å²) in [6, 6.07) is 3.59. The first-order valence-corrected chi connectivity index (χ1v) is 7.96. The lowest BCUT2D eigenvalue weighted by atomic mass is 9.94. The van der Waals surface area contributed by atoms with Gasteiger partial charge in [-0.25, -0.2) is 0 Å². The summed E-state index contributed by atoms with van der Waals surface area (Å²) in [4.78, 5) is 2.69. The number of aliphatic hydroxyl groups excluding tert-OH is 1. The van der Waals surface area contributed by atoms with Crippen molar-refractivity contribution in [3.8, 4) is 0 Å². The predicted octanol–water partition coefficient (Wildman–Crippen LogP) is 2.66. The Morgan fingerprint density at radius 3 is 2.89 bits per heavy atom. The van der Waals surface area contributed by atoms with E-state index in [0.29, 0.717) is 6.04 Å². The van der Waals surface area contributed by atoms with Crippen LogP contribution in [0.4, 0.5) is 0 Å². The smallest absolute Gasteiger partial charge is 0.0807 e. The Balaban J connectivity index is 1.66. The Hall–Kier alpha value is -0.800. The fourth-order valence-corrected chi connectivity index (χ4v) is 4.55. The molecule has 1 aliphatic carbocycles. The predicted molar refractivity (Wildman–Crippen MR) is 75.2 cm³/mol. The molecule has 3 unspecified atom stereocenters. The maximum atomic E-state index is 10.1. The largest absolute Gasteiger partial charge is 0.388 e. The highest BCUT2D eigenvalue weighted by Crippen LogP contribution is 2.39. The van der Waals surface area contributed by atoms with Gasteiger partial charge in [-0.1, -0.05) is 6.42 Å². The average molecular weight is 260 g/mol. The molecule has 0 spiro atoms. The second-order valence-corrected chi connectivity index (χ2v) is 6.49. The van der Waals surface area contributed by atoms with Crippen LogP contribution in [0.25, 0.3) is 0 Å². The van der Waals surface area contributed by atoms with Crippen molar-refractivity contribution in [2.45, 2.75) is 63.1 Å². The third-order valence-corrected chi connectivity index (χ3v) is 5.49. The van der Waals surface area contributed by atoms with Crippen molar-refractivity contribution in [3.63, 3.8) is 0 Å². The molecule has 0 bridgehead atoms. The van der Waals surface area contributed by atoms with Crippen molar-refractivity contribution in [1.29, 1.82) is 0 Å². The first-order valence-electron chi connectivity index (χ1n) is 7.96. The number of hydrogen-bond donors (Lipinski definition) is 1. The summed E-state index contributed by atoms with van der Waals surface area (Å²) in [6.45, 7) is 2.57. The summed E-state index contributed by atoms with van der Waals surface area (Å²) in [6.07, 6.45) is 10.7. The molecule has 3 heteroatoms. The summed E-state index contributed by atoms with van der Waals surface area (Å²) in [5.41, 5.74) is 2.64. The molecule has 4 rings (SSSR count). The van der Waals surface area contributed by atoms with Gasteiger partial charge in [0.25, 0.3) is 0 Å². The zero-order valence-corrected chi connectivity index (χ0v) is 11.6. The number of rotatable bonds is 1. The van der Waals surface area contributed by atoms with Gasteiger partial charge < -0.3 is 9.67 Å². The third kappa shape index (κ3) is 1.86. The van der Waals surface area contributed by atoms with E-state index in [9.17, 15) is 5.11 Å². The maximum absolute atomic E-state index is 10.1. The van der Waals surface area contributed by atoms with E-state index in [1.165, 1.54) is 50.0 Å². The number of piperidine rings is 1. The Labute approximate surface area is 115 Å². The Morgan fingerprint density at radius 1 is 1.00 bits per heavy atom. The van der Waals surface area contributed by atoms with Crippen molar-refractivity contribution in [3.05, 3.63) is 23.5 Å². The molecule has 0 aromatic carbocycles. The summed E-state index contributed by atoms with van der Waals surface area (Å²) in [5.74, 6) is 0. The number of fused-ring (bicyclic) bond motifs is 2. The van der Waals surface area contributed by atoms with Crippen LogP contribution in [0.15, 0.2) is 12.3 Å². The first-order chi connectivity index (χ1) is 9.34. The lowest BCUT2D eigenvalue weighted by Gasteiger charge is -2.34. The lowest BCUT2D eigenvalue weighted by molar-refractivity contribution is 0.152. The van der Waals surface area contributed by atoms with Gasteiger partial charge in [0.1, 0.15) is 0 Å². The molecule has 2 aliphatic heterocycles. The van der Waals surface area contributed by atoms with Crippen LogP contribution in [-0.2, 0) is 6.42 Å². The van der Waals surface area contributed by atoms with Crippen molar-refractivity contribution in [1.82, 2.24) is 9.47 Å². The SMILES string of the molecule is OC1CCCc2c1ccn2C1CCN2CCCCC12. The molecule has 3 atom stereocenters. The van der Waals surface area contributed by atoms with Crippen LogP contribution in [0.3, 0.4) is 0 Å². The average Bonchev–Trinajstić information content (AvgIpc) is 3.02. The van der Waals surface area contributed by atoms with Crippen LogP contribution in [0.2, 0.25) is 0 Å². The Bertz CT molecular complexity index is 467. The highest BCUT2D eigenvalue weighted by molar-refractivity contribution is 5.28. The van der Waals surface area contributed by atoms with Gasteiger partial charge in [-0.15, -0.1) is 0 Å². The second kappa shape index (κ2) is 4.64. The molecule has 1 aromatic heterocycles. The van der Waals surface area contributed by atoms with E-state index in [0.717, 1.165) is 25.3 Å². The van der Waals surface area contributed by atoms with Gasteiger partial charge in [-0.3, -0.25) is 4.90 Å².